The fourth-order valence-corrected chi connectivity index (χ4v) is 2.96. The number of aromatic nitrogens is 4. The van der Waals surface area contributed by atoms with Crippen LogP contribution in [0.25, 0.3) is 22.6 Å². The fraction of sp³-hybridized carbons (Fsp3) is 0.364. The number of carbonyl (C=O) groups excluding carboxylic acids is 1. The first-order chi connectivity index (χ1) is 15.5. The van der Waals surface area contributed by atoms with Gasteiger partial charge >= 0.3 is 6.36 Å². The van der Waals surface area contributed by atoms with E-state index in [-0.39, 0.29) is 23.9 Å². The molecule has 3 rings (SSSR count). The van der Waals surface area contributed by atoms with Crippen LogP contribution in [0.15, 0.2) is 42.7 Å². The van der Waals surface area contributed by atoms with Crippen LogP contribution in [0.4, 0.5) is 13.2 Å². The summed E-state index contributed by atoms with van der Waals surface area (Å²) in [6.07, 6.45) is -1.45. The highest BCUT2D eigenvalue weighted by atomic mass is 19.4. The van der Waals surface area contributed by atoms with Gasteiger partial charge < -0.3 is 15.2 Å². The van der Waals surface area contributed by atoms with E-state index in [4.69, 9.17) is 0 Å². The Hall–Kier alpha value is -3.47. The fourth-order valence-electron chi connectivity index (χ4n) is 2.96. The predicted molar refractivity (Wildman–Crippen MR) is 114 cm³/mol. The van der Waals surface area contributed by atoms with Gasteiger partial charge in [0.05, 0.1) is 24.1 Å². The smallest absolute Gasteiger partial charge is 0.406 e. The molecule has 8 nitrogen and oxygen atoms in total. The molecule has 1 aromatic carbocycles. The molecule has 3 aromatic rings. The van der Waals surface area contributed by atoms with E-state index in [0.29, 0.717) is 29.3 Å². The van der Waals surface area contributed by atoms with Crippen LogP contribution in [-0.4, -0.2) is 49.8 Å². The number of nitrogens with zero attached hydrogens (tertiary/aromatic N) is 4. The first-order valence-electron chi connectivity index (χ1n) is 10.2. The average Bonchev–Trinajstić information content (AvgIpc) is 3.20. The third-order valence-corrected chi connectivity index (χ3v) is 4.44. The van der Waals surface area contributed by atoms with Gasteiger partial charge in [-0.05, 0) is 43.2 Å². The van der Waals surface area contributed by atoms with Crippen LogP contribution in [0, 0.1) is 5.92 Å². The van der Waals surface area contributed by atoms with Crippen molar-refractivity contribution >= 4 is 5.91 Å². The van der Waals surface area contributed by atoms with E-state index in [1.807, 2.05) is 0 Å². The van der Waals surface area contributed by atoms with Gasteiger partial charge in [-0.25, -0.2) is 9.97 Å². The average molecular weight is 463 g/mol. The largest absolute Gasteiger partial charge is 0.573 e. The highest BCUT2D eigenvalue weighted by Gasteiger charge is 2.31. The second kappa shape index (κ2) is 9.99. The number of benzene rings is 1. The summed E-state index contributed by atoms with van der Waals surface area (Å²) in [6.45, 7) is 6.17. The highest BCUT2D eigenvalue weighted by molar-refractivity contribution is 5.94. The van der Waals surface area contributed by atoms with Crippen molar-refractivity contribution in [2.45, 2.75) is 39.7 Å². The number of halogens is 3. The molecule has 11 heteroatoms. The Kier molecular flexibility index (Phi) is 7.32. The van der Waals surface area contributed by atoms with Crippen LogP contribution in [0.5, 0.6) is 5.75 Å². The minimum atomic E-state index is -4.80. The molecule has 1 atom stereocenters. The Labute approximate surface area is 188 Å². The second-order valence-electron chi connectivity index (χ2n) is 7.94. The molecule has 1 amide bonds. The minimum absolute atomic E-state index is 0.0440. The van der Waals surface area contributed by atoms with Gasteiger partial charge in [0.1, 0.15) is 11.4 Å². The molecule has 2 N–H and O–H groups in total. The molecule has 0 aliphatic carbocycles. The maximum atomic E-state index is 12.7. The Bertz CT molecular complexity index is 1100. The van der Waals surface area contributed by atoms with E-state index in [1.165, 1.54) is 30.3 Å². The van der Waals surface area contributed by atoms with Gasteiger partial charge in [-0.15, -0.1) is 13.2 Å². The Morgan fingerprint density at radius 3 is 2.45 bits per heavy atom. The highest BCUT2D eigenvalue weighted by Crippen LogP contribution is 2.27. The Balaban J connectivity index is 2.00. The maximum Gasteiger partial charge on any atom is 0.573 e. The lowest BCUT2D eigenvalue weighted by Gasteiger charge is -2.12. The summed E-state index contributed by atoms with van der Waals surface area (Å²) in [5.41, 5.74) is 1.42. The van der Waals surface area contributed by atoms with Crippen molar-refractivity contribution in [2.75, 3.05) is 6.61 Å². The number of aliphatic hydroxyl groups excluding tert-OH is 1. The zero-order valence-electron chi connectivity index (χ0n) is 18.3. The van der Waals surface area contributed by atoms with Gasteiger partial charge in [0.15, 0.2) is 5.82 Å². The van der Waals surface area contributed by atoms with Gasteiger partial charge in [0, 0.05) is 24.3 Å². The van der Waals surface area contributed by atoms with Crippen molar-refractivity contribution in [3.8, 4) is 28.4 Å². The van der Waals surface area contributed by atoms with Crippen LogP contribution >= 0.6 is 0 Å². The third kappa shape index (κ3) is 6.75. The zero-order valence-corrected chi connectivity index (χ0v) is 18.3. The summed E-state index contributed by atoms with van der Waals surface area (Å²) in [5, 5.41) is 16.1. The van der Waals surface area contributed by atoms with E-state index in [1.54, 1.807) is 24.0 Å². The van der Waals surface area contributed by atoms with Gasteiger partial charge in [-0.1, -0.05) is 13.8 Å². The van der Waals surface area contributed by atoms with E-state index in [9.17, 15) is 23.1 Å². The minimum Gasteiger partial charge on any atom is -0.406 e. The van der Waals surface area contributed by atoms with Crippen molar-refractivity contribution in [2.24, 2.45) is 5.92 Å². The monoisotopic (exact) mass is 463 g/mol. The van der Waals surface area contributed by atoms with Gasteiger partial charge in [0.2, 0.25) is 0 Å². The van der Waals surface area contributed by atoms with Crippen molar-refractivity contribution in [3.05, 3.63) is 48.4 Å². The van der Waals surface area contributed by atoms with Crippen molar-refractivity contribution in [1.82, 2.24) is 25.1 Å². The number of ether oxygens (including phenoxy) is 1. The molecule has 0 unspecified atom stereocenters. The summed E-state index contributed by atoms with van der Waals surface area (Å²) >= 11 is 0. The topological polar surface area (TPSA) is 102 Å². The molecular weight excluding hydrogens is 439 g/mol. The summed E-state index contributed by atoms with van der Waals surface area (Å²) in [5.74, 6) is -0.290. The van der Waals surface area contributed by atoms with E-state index in [2.05, 4.69) is 39.0 Å². The first-order valence-corrected chi connectivity index (χ1v) is 10.2. The maximum absolute atomic E-state index is 12.7. The third-order valence-electron chi connectivity index (χ3n) is 4.44. The summed E-state index contributed by atoms with van der Waals surface area (Å²) in [4.78, 5) is 21.5. The zero-order chi connectivity index (χ0) is 24.2. The number of carbonyl (C=O) groups is 1. The van der Waals surface area contributed by atoms with E-state index >= 15 is 0 Å². The van der Waals surface area contributed by atoms with Crippen LogP contribution in [0.1, 0.15) is 31.3 Å². The molecule has 0 fully saturated rings. The molecule has 2 aromatic heterocycles. The van der Waals surface area contributed by atoms with Gasteiger partial charge in [0.25, 0.3) is 5.91 Å². The quantitative estimate of drug-likeness (QED) is 0.529. The Morgan fingerprint density at radius 2 is 1.85 bits per heavy atom. The molecule has 0 spiro atoms. The number of aliphatic hydroxyl groups is 1. The molecule has 0 aliphatic heterocycles. The normalized spacial score (nSPS) is 12.6. The van der Waals surface area contributed by atoms with Gasteiger partial charge in [-0.2, -0.15) is 5.10 Å². The molecule has 0 saturated heterocycles. The van der Waals surface area contributed by atoms with Crippen molar-refractivity contribution < 1.29 is 27.8 Å². The molecular formula is C22H24F3N5O3. The molecule has 33 heavy (non-hydrogen) atoms. The molecule has 0 bridgehead atoms. The second-order valence-corrected chi connectivity index (χ2v) is 7.94. The standard InChI is InChI=1S/C22H24F3N5O3/c1-13(2)10-30-11-16(9-26-30)20-28-18(8-19(29-20)21(32)27-14(3)12-31)15-4-6-17(7-5-15)33-22(23,24)25/h4-9,11,13-14,31H,10,12H2,1-3H3,(H,27,32)/t14-/m0/s1. The molecule has 0 saturated carbocycles. The lowest BCUT2D eigenvalue weighted by atomic mass is 10.1. The molecule has 2 heterocycles. The number of hydrogen-bond donors (Lipinski definition) is 2. The van der Waals surface area contributed by atoms with Crippen LogP contribution < -0.4 is 10.1 Å². The number of rotatable bonds is 8. The summed E-state index contributed by atoms with van der Waals surface area (Å²) < 4.78 is 43.0. The van der Waals surface area contributed by atoms with Crippen molar-refractivity contribution in [3.63, 3.8) is 0 Å². The van der Waals surface area contributed by atoms with Gasteiger partial charge in [-0.3, -0.25) is 9.48 Å². The van der Waals surface area contributed by atoms with Crippen LogP contribution in [0.3, 0.4) is 0 Å². The van der Waals surface area contributed by atoms with Crippen LogP contribution in [0.2, 0.25) is 0 Å². The number of hydrogen-bond acceptors (Lipinski definition) is 6. The lowest BCUT2D eigenvalue weighted by molar-refractivity contribution is -0.274. The molecule has 0 radical (unpaired) electrons. The lowest BCUT2D eigenvalue weighted by Crippen LogP contribution is -2.35. The predicted octanol–water partition coefficient (Wildman–Crippen LogP) is 3.67. The number of alkyl halides is 3. The van der Waals surface area contributed by atoms with Crippen molar-refractivity contribution in [1.29, 1.82) is 0 Å². The molecule has 176 valence electrons. The number of amides is 1. The van der Waals surface area contributed by atoms with E-state index < -0.39 is 18.3 Å². The summed E-state index contributed by atoms with van der Waals surface area (Å²) in [6, 6.07) is 6.09. The molecule has 0 aliphatic rings. The SMILES string of the molecule is CC(C)Cn1cc(-c2nc(C(=O)N[C@@H](C)CO)cc(-c3ccc(OC(F)(F)F)cc3)n2)cn1. The van der Waals surface area contributed by atoms with E-state index in [0.717, 1.165) is 0 Å². The first kappa shape index (κ1) is 24.2. The summed E-state index contributed by atoms with van der Waals surface area (Å²) in [7, 11) is 0. The number of nitrogens with one attached hydrogen (secondary N) is 1. The Morgan fingerprint density at radius 1 is 1.15 bits per heavy atom. The van der Waals surface area contributed by atoms with Crippen LogP contribution in [-0.2, 0) is 6.54 Å².